The highest BCUT2D eigenvalue weighted by molar-refractivity contribution is 5.95. The predicted octanol–water partition coefficient (Wildman–Crippen LogP) is 0.847. The molecule has 6 nitrogen and oxygen atoms in total. The van der Waals surface area contributed by atoms with E-state index < -0.39 is 35.9 Å². The van der Waals surface area contributed by atoms with Gasteiger partial charge in [0.2, 0.25) is 0 Å². The van der Waals surface area contributed by atoms with Crippen molar-refractivity contribution in [3.05, 3.63) is 0 Å². The summed E-state index contributed by atoms with van der Waals surface area (Å²) in [5, 5.41) is 3.45. The van der Waals surface area contributed by atoms with Crippen LogP contribution in [-0.2, 0) is 19.1 Å². The van der Waals surface area contributed by atoms with E-state index in [0.29, 0.717) is 38.9 Å². The summed E-state index contributed by atoms with van der Waals surface area (Å²) in [5.41, 5.74) is 0. The van der Waals surface area contributed by atoms with Crippen LogP contribution in [0.25, 0.3) is 0 Å². The predicted molar refractivity (Wildman–Crippen MR) is 73.9 cm³/mol. The van der Waals surface area contributed by atoms with Crippen LogP contribution in [0.4, 0.5) is 17.6 Å². The Bertz CT molecular complexity index is 422. The lowest BCUT2D eigenvalue weighted by atomic mass is 10.1. The fourth-order valence-corrected chi connectivity index (χ4v) is 2.53. The zero-order valence-corrected chi connectivity index (χ0v) is 13.0. The highest BCUT2D eigenvalue weighted by Gasteiger charge is 2.66. The van der Waals surface area contributed by atoms with Crippen molar-refractivity contribution in [1.29, 1.82) is 0 Å². The lowest BCUT2D eigenvalue weighted by Crippen LogP contribution is -2.60. The molecule has 2 rings (SSSR count). The van der Waals surface area contributed by atoms with Crippen molar-refractivity contribution in [3.63, 3.8) is 0 Å². The number of nitrogens with one attached hydrogen (secondary N) is 2. The van der Waals surface area contributed by atoms with E-state index in [9.17, 15) is 27.2 Å². The largest absolute Gasteiger partial charge is 0.395 e. The molecular weight excluding hydrogens is 336 g/mol. The van der Waals surface area contributed by atoms with Gasteiger partial charge in [0.05, 0.1) is 12.2 Å². The molecule has 0 bridgehead atoms. The lowest BCUT2D eigenvalue weighted by molar-refractivity contribution is -0.211. The van der Waals surface area contributed by atoms with Gasteiger partial charge in [0, 0.05) is 26.3 Å². The Hall–Kier alpha value is -1.42. The molecule has 10 heteroatoms. The number of carbonyl (C=O) groups excluding carboxylic acids is 2. The minimum Gasteiger partial charge on any atom is -0.376 e. The van der Waals surface area contributed by atoms with Gasteiger partial charge in [-0.2, -0.15) is 17.6 Å². The SMILES string of the molecule is O=C(NC[C@H]1CCCO1)C(F)(F)C(F)(F)C(=O)NC[C@H]1CCCO1. The molecule has 0 aliphatic carbocycles. The summed E-state index contributed by atoms with van der Waals surface area (Å²) < 4.78 is 65.1. The van der Waals surface area contributed by atoms with Crippen molar-refractivity contribution in [1.82, 2.24) is 10.6 Å². The third-order valence-electron chi connectivity index (χ3n) is 3.99. The first-order valence-electron chi connectivity index (χ1n) is 7.80. The molecular formula is C14H20F4N2O4. The number of hydrogen-bond donors (Lipinski definition) is 2. The Morgan fingerprint density at radius 2 is 1.21 bits per heavy atom. The summed E-state index contributed by atoms with van der Waals surface area (Å²) in [5.74, 6) is -14.7. The molecule has 24 heavy (non-hydrogen) atoms. The van der Waals surface area contributed by atoms with E-state index in [0.717, 1.165) is 0 Å². The second kappa shape index (κ2) is 7.64. The molecule has 138 valence electrons. The van der Waals surface area contributed by atoms with Crippen LogP contribution in [-0.4, -0.2) is 62.2 Å². The number of alkyl halides is 4. The summed E-state index contributed by atoms with van der Waals surface area (Å²) in [4.78, 5) is 22.9. The number of rotatable bonds is 7. The Labute approximate surface area is 136 Å². The quantitative estimate of drug-likeness (QED) is 0.663. The molecule has 2 aliphatic rings. The average Bonchev–Trinajstić information content (AvgIpc) is 3.23. The number of hydrogen-bond acceptors (Lipinski definition) is 4. The van der Waals surface area contributed by atoms with Gasteiger partial charge in [-0.3, -0.25) is 9.59 Å². The number of ether oxygens (including phenoxy) is 2. The maximum absolute atomic E-state index is 13.7. The Morgan fingerprint density at radius 1 is 0.833 bits per heavy atom. The Kier molecular flexibility index (Phi) is 6.02. The normalized spacial score (nSPS) is 24.8. The van der Waals surface area contributed by atoms with Crippen molar-refractivity contribution >= 4 is 11.8 Å². The molecule has 0 aromatic rings. The topological polar surface area (TPSA) is 76.7 Å². The highest BCUT2D eigenvalue weighted by Crippen LogP contribution is 2.34. The van der Waals surface area contributed by atoms with Crippen molar-refractivity contribution in [2.24, 2.45) is 0 Å². The summed E-state index contributed by atoms with van der Waals surface area (Å²) in [6.45, 7) is 0.252. The Morgan fingerprint density at radius 3 is 1.50 bits per heavy atom. The van der Waals surface area contributed by atoms with Gasteiger partial charge < -0.3 is 20.1 Å². The monoisotopic (exact) mass is 356 g/mol. The summed E-state index contributed by atoms with van der Waals surface area (Å²) >= 11 is 0. The molecule has 0 spiro atoms. The van der Waals surface area contributed by atoms with Gasteiger partial charge in [0.15, 0.2) is 0 Å². The van der Waals surface area contributed by atoms with Crippen LogP contribution >= 0.6 is 0 Å². The average molecular weight is 356 g/mol. The van der Waals surface area contributed by atoms with E-state index in [2.05, 4.69) is 0 Å². The van der Waals surface area contributed by atoms with Gasteiger partial charge in [0.25, 0.3) is 11.8 Å². The van der Waals surface area contributed by atoms with Crippen LogP contribution in [0.3, 0.4) is 0 Å². The van der Waals surface area contributed by atoms with E-state index in [1.807, 2.05) is 0 Å². The maximum Gasteiger partial charge on any atom is 0.395 e. The lowest BCUT2D eigenvalue weighted by Gasteiger charge is -2.25. The van der Waals surface area contributed by atoms with E-state index in [1.54, 1.807) is 10.6 Å². The molecule has 0 unspecified atom stereocenters. The second-order valence-electron chi connectivity index (χ2n) is 5.84. The van der Waals surface area contributed by atoms with Crippen LogP contribution < -0.4 is 10.6 Å². The molecule has 2 amide bonds. The number of amides is 2. The molecule has 2 atom stereocenters. The number of carbonyl (C=O) groups is 2. The molecule has 2 heterocycles. The van der Waals surface area contributed by atoms with E-state index in [1.165, 1.54) is 0 Å². The molecule has 2 aliphatic heterocycles. The minimum absolute atomic E-state index is 0.304. The van der Waals surface area contributed by atoms with Gasteiger partial charge in [-0.25, -0.2) is 0 Å². The smallest absolute Gasteiger partial charge is 0.376 e. The third-order valence-corrected chi connectivity index (χ3v) is 3.99. The van der Waals surface area contributed by atoms with Crippen LogP contribution in [0, 0.1) is 0 Å². The van der Waals surface area contributed by atoms with E-state index in [-0.39, 0.29) is 13.1 Å². The van der Waals surface area contributed by atoms with Crippen molar-refractivity contribution in [2.45, 2.75) is 49.7 Å². The standard InChI is InChI=1S/C14H20F4N2O4/c15-13(16,11(21)19-7-9-3-1-5-23-9)14(17,18)12(22)20-8-10-4-2-6-24-10/h9-10H,1-8H2,(H,19,21)(H,20,22)/t9-,10-/m1/s1. The van der Waals surface area contributed by atoms with Crippen LogP contribution in [0.15, 0.2) is 0 Å². The zero-order valence-electron chi connectivity index (χ0n) is 13.0. The fourth-order valence-electron chi connectivity index (χ4n) is 2.53. The van der Waals surface area contributed by atoms with E-state index in [4.69, 9.17) is 9.47 Å². The first-order chi connectivity index (χ1) is 11.2. The molecule has 0 radical (unpaired) electrons. The van der Waals surface area contributed by atoms with Crippen molar-refractivity contribution in [3.8, 4) is 0 Å². The second-order valence-corrected chi connectivity index (χ2v) is 5.84. The first kappa shape index (κ1) is 18.9. The fraction of sp³-hybridized carbons (Fsp3) is 0.857. The Balaban J connectivity index is 1.87. The molecule has 2 N–H and O–H groups in total. The van der Waals surface area contributed by atoms with Gasteiger partial charge in [-0.15, -0.1) is 0 Å². The van der Waals surface area contributed by atoms with Crippen LogP contribution in [0.1, 0.15) is 25.7 Å². The van der Waals surface area contributed by atoms with Crippen molar-refractivity contribution < 1.29 is 36.6 Å². The molecule has 2 saturated heterocycles. The molecule has 0 aromatic heterocycles. The maximum atomic E-state index is 13.7. The molecule has 0 aromatic carbocycles. The highest BCUT2D eigenvalue weighted by atomic mass is 19.3. The molecule has 2 fully saturated rings. The van der Waals surface area contributed by atoms with Gasteiger partial charge in [-0.05, 0) is 25.7 Å². The third kappa shape index (κ3) is 4.15. The summed E-state index contributed by atoms with van der Waals surface area (Å²) in [6, 6.07) is 0. The zero-order chi connectivity index (χ0) is 17.8. The summed E-state index contributed by atoms with van der Waals surface area (Å²) in [6.07, 6.45) is 1.55. The van der Waals surface area contributed by atoms with Crippen LogP contribution in [0.5, 0.6) is 0 Å². The van der Waals surface area contributed by atoms with Gasteiger partial charge >= 0.3 is 11.8 Å². The first-order valence-corrected chi connectivity index (χ1v) is 7.80. The van der Waals surface area contributed by atoms with Gasteiger partial charge in [-0.1, -0.05) is 0 Å². The molecule has 0 saturated carbocycles. The van der Waals surface area contributed by atoms with Crippen molar-refractivity contribution in [2.75, 3.05) is 26.3 Å². The van der Waals surface area contributed by atoms with Crippen LogP contribution in [0.2, 0.25) is 0 Å². The minimum atomic E-state index is -5.16. The number of halogens is 4. The summed E-state index contributed by atoms with van der Waals surface area (Å²) in [7, 11) is 0. The van der Waals surface area contributed by atoms with Gasteiger partial charge in [0.1, 0.15) is 0 Å². The van der Waals surface area contributed by atoms with E-state index >= 15 is 0 Å².